The summed E-state index contributed by atoms with van der Waals surface area (Å²) in [6.07, 6.45) is 3.30. The molecule has 0 saturated heterocycles. The highest BCUT2D eigenvalue weighted by Gasteiger charge is 2.09. The predicted octanol–water partition coefficient (Wildman–Crippen LogP) is 4.08. The largest absolute Gasteiger partial charge is 0.496 e. The lowest BCUT2D eigenvalue weighted by Crippen LogP contribution is -1.97. The van der Waals surface area contributed by atoms with Gasteiger partial charge >= 0.3 is 0 Å². The van der Waals surface area contributed by atoms with Gasteiger partial charge in [-0.3, -0.25) is 0 Å². The number of aromatic nitrogens is 2. The van der Waals surface area contributed by atoms with Crippen LogP contribution in [0.1, 0.15) is 11.1 Å². The summed E-state index contributed by atoms with van der Waals surface area (Å²) in [7, 11) is 1.68. The fraction of sp³-hybridized carbons (Fsp3) is 0.176. The molecule has 0 aliphatic heterocycles. The van der Waals surface area contributed by atoms with Crippen LogP contribution in [-0.4, -0.2) is 17.1 Å². The maximum atomic E-state index is 6.15. The quantitative estimate of drug-likeness (QED) is 0.681. The molecule has 3 nitrogen and oxygen atoms in total. The van der Waals surface area contributed by atoms with Gasteiger partial charge in [0.05, 0.1) is 12.6 Å². The number of halogens is 1. The smallest absolute Gasteiger partial charge is 0.140 e. The summed E-state index contributed by atoms with van der Waals surface area (Å²) < 4.78 is 5.48. The predicted molar refractivity (Wildman–Crippen MR) is 85.0 cm³/mol. The lowest BCUT2D eigenvalue weighted by Gasteiger charge is -2.10. The van der Waals surface area contributed by atoms with Gasteiger partial charge in [0, 0.05) is 11.5 Å². The van der Waals surface area contributed by atoms with Crippen molar-refractivity contribution in [1.82, 2.24) is 9.97 Å². The molecule has 2 aromatic carbocycles. The van der Waals surface area contributed by atoms with E-state index < -0.39 is 0 Å². The molecule has 3 aromatic rings. The van der Waals surface area contributed by atoms with Crippen LogP contribution in [-0.2, 0) is 12.8 Å². The highest BCUT2D eigenvalue weighted by Crippen LogP contribution is 2.28. The Morgan fingerprint density at radius 1 is 1.05 bits per heavy atom. The van der Waals surface area contributed by atoms with Crippen molar-refractivity contribution in [3.05, 3.63) is 65.1 Å². The molecule has 0 bridgehead atoms. The summed E-state index contributed by atoms with van der Waals surface area (Å²) >= 11 is 6.15. The van der Waals surface area contributed by atoms with E-state index >= 15 is 0 Å². The van der Waals surface area contributed by atoms with E-state index in [0.29, 0.717) is 5.15 Å². The SMILES string of the molecule is COc1cc2ncnc(Cl)c2cc1CCc1ccccc1. The molecule has 3 rings (SSSR count). The molecule has 0 radical (unpaired) electrons. The zero-order chi connectivity index (χ0) is 14.7. The van der Waals surface area contributed by atoms with Crippen molar-refractivity contribution in [2.45, 2.75) is 12.8 Å². The normalized spacial score (nSPS) is 10.8. The Morgan fingerprint density at radius 3 is 2.62 bits per heavy atom. The molecule has 0 N–H and O–H groups in total. The third kappa shape index (κ3) is 2.98. The van der Waals surface area contributed by atoms with Gasteiger partial charge in [-0.25, -0.2) is 9.97 Å². The molecule has 0 aliphatic carbocycles. The van der Waals surface area contributed by atoms with Gasteiger partial charge in [0.2, 0.25) is 0 Å². The van der Waals surface area contributed by atoms with Crippen molar-refractivity contribution in [3.63, 3.8) is 0 Å². The van der Waals surface area contributed by atoms with Gasteiger partial charge < -0.3 is 4.74 Å². The molecule has 0 atom stereocenters. The zero-order valence-corrected chi connectivity index (χ0v) is 12.5. The van der Waals surface area contributed by atoms with E-state index in [-0.39, 0.29) is 0 Å². The summed E-state index contributed by atoms with van der Waals surface area (Å²) in [5.41, 5.74) is 3.22. The zero-order valence-electron chi connectivity index (χ0n) is 11.7. The van der Waals surface area contributed by atoms with E-state index in [1.165, 1.54) is 11.9 Å². The standard InChI is InChI=1S/C17H15ClN2O/c1-21-16-10-15-14(17(18)20-11-19-15)9-13(16)8-7-12-5-3-2-4-6-12/h2-6,9-11H,7-8H2,1H3. The van der Waals surface area contributed by atoms with Gasteiger partial charge in [-0.15, -0.1) is 0 Å². The molecular formula is C17H15ClN2O. The van der Waals surface area contributed by atoms with Crippen LogP contribution in [0.25, 0.3) is 10.9 Å². The van der Waals surface area contributed by atoms with Crippen molar-refractivity contribution in [1.29, 1.82) is 0 Å². The molecule has 106 valence electrons. The molecule has 0 unspecified atom stereocenters. The van der Waals surface area contributed by atoms with Gasteiger partial charge in [0.15, 0.2) is 0 Å². The van der Waals surface area contributed by atoms with Gasteiger partial charge in [-0.05, 0) is 30.0 Å². The van der Waals surface area contributed by atoms with Crippen molar-refractivity contribution in [3.8, 4) is 5.75 Å². The number of rotatable bonds is 4. The maximum absolute atomic E-state index is 6.15. The summed E-state index contributed by atoms with van der Waals surface area (Å²) in [6.45, 7) is 0. The fourth-order valence-corrected chi connectivity index (χ4v) is 2.60. The third-order valence-corrected chi connectivity index (χ3v) is 3.82. The Bertz CT molecular complexity index is 759. The minimum Gasteiger partial charge on any atom is -0.496 e. The Kier molecular flexibility index (Phi) is 4.02. The molecule has 0 fully saturated rings. The Labute approximate surface area is 128 Å². The molecule has 0 saturated carbocycles. The first kappa shape index (κ1) is 13.8. The second kappa shape index (κ2) is 6.10. The molecule has 0 spiro atoms. The number of hydrogen-bond donors (Lipinski definition) is 0. The highest BCUT2D eigenvalue weighted by molar-refractivity contribution is 6.34. The van der Waals surface area contributed by atoms with Crippen LogP contribution in [0.15, 0.2) is 48.8 Å². The first-order valence-electron chi connectivity index (χ1n) is 6.79. The molecule has 4 heteroatoms. The maximum Gasteiger partial charge on any atom is 0.140 e. The average molecular weight is 299 g/mol. The number of benzene rings is 2. The lowest BCUT2D eigenvalue weighted by atomic mass is 10.0. The van der Waals surface area contributed by atoms with Crippen molar-refractivity contribution >= 4 is 22.5 Å². The van der Waals surface area contributed by atoms with Crippen LogP contribution < -0.4 is 4.74 Å². The molecule has 0 aliphatic rings. The second-order valence-electron chi connectivity index (χ2n) is 4.83. The minimum atomic E-state index is 0.476. The fourth-order valence-electron chi connectivity index (χ4n) is 2.41. The second-order valence-corrected chi connectivity index (χ2v) is 5.19. The molecular weight excluding hydrogens is 284 g/mol. The van der Waals surface area contributed by atoms with Crippen LogP contribution in [0, 0.1) is 0 Å². The van der Waals surface area contributed by atoms with Gasteiger partial charge in [0.25, 0.3) is 0 Å². The topological polar surface area (TPSA) is 35.0 Å². The molecule has 1 aromatic heterocycles. The monoisotopic (exact) mass is 298 g/mol. The first-order chi connectivity index (χ1) is 10.3. The summed E-state index contributed by atoms with van der Waals surface area (Å²) in [5.74, 6) is 0.841. The lowest BCUT2D eigenvalue weighted by molar-refractivity contribution is 0.410. The number of hydrogen-bond acceptors (Lipinski definition) is 3. The van der Waals surface area contributed by atoms with Crippen LogP contribution in [0.4, 0.5) is 0 Å². The van der Waals surface area contributed by atoms with Gasteiger partial charge in [0.1, 0.15) is 17.2 Å². The Morgan fingerprint density at radius 2 is 1.86 bits per heavy atom. The van der Waals surface area contributed by atoms with E-state index in [0.717, 1.165) is 35.1 Å². The van der Waals surface area contributed by atoms with Gasteiger partial charge in [-0.2, -0.15) is 0 Å². The average Bonchev–Trinajstić information content (AvgIpc) is 2.53. The summed E-state index contributed by atoms with van der Waals surface area (Å²) in [6, 6.07) is 14.3. The van der Waals surface area contributed by atoms with Crippen LogP contribution >= 0.6 is 11.6 Å². The Balaban J connectivity index is 1.95. The molecule has 1 heterocycles. The minimum absolute atomic E-state index is 0.476. The molecule has 21 heavy (non-hydrogen) atoms. The number of nitrogens with zero attached hydrogens (tertiary/aromatic N) is 2. The van der Waals surface area contributed by atoms with E-state index in [1.807, 2.05) is 18.2 Å². The van der Waals surface area contributed by atoms with E-state index in [2.05, 4.69) is 34.2 Å². The number of aryl methyl sites for hydroxylation is 2. The van der Waals surface area contributed by atoms with Crippen LogP contribution in [0.2, 0.25) is 5.15 Å². The van der Waals surface area contributed by atoms with E-state index in [4.69, 9.17) is 16.3 Å². The van der Waals surface area contributed by atoms with Gasteiger partial charge in [-0.1, -0.05) is 41.9 Å². The summed E-state index contributed by atoms with van der Waals surface area (Å²) in [4.78, 5) is 8.27. The van der Waals surface area contributed by atoms with E-state index in [9.17, 15) is 0 Å². The number of methoxy groups -OCH3 is 1. The van der Waals surface area contributed by atoms with Crippen molar-refractivity contribution < 1.29 is 4.74 Å². The van der Waals surface area contributed by atoms with Crippen molar-refractivity contribution in [2.75, 3.05) is 7.11 Å². The van der Waals surface area contributed by atoms with Crippen LogP contribution in [0.3, 0.4) is 0 Å². The number of fused-ring (bicyclic) bond motifs is 1. The van der Waals surface area contributed by atoms with Crippen LogP contribution in [0.5, 0.6) is 5.75 Å². The van der Waals surface area contributed by atoms with E-state index in [1.54, 1.807) is 7.11 Å². The summed E-state index contributed by atoms with van der Waals surface area (Å²) in [5, 5.41) is 1.34. The first-order valence-corrected chi connectivity index (χ1v) is 7.17. The molecule has 0 amide bonds. The number of ether oxygens (including phenoxy) is 1. The highest BCUT2D eigenvalue weighted by atomic mass is 35.5. The van der Waals surface area contributed by atoms with Crippen molar-refractivity contribution in [2.24, 2.45) is 0 Å². The Hall–Kier alpha value is -2.13. The third-order valence-electron chi connectivity index (χ3n) is 3.51.